The highest BCUT2D eigenvalue weighted by Gasteiger charge is 2.64. The van der Waals surface area contributed by atoms with Gasteiger partial charge < -0.3 is 28.8 Å². The number of aromatic nitrogens is 1. The Bertz CT molecular complexity index is 1990. The van der Waals surface area contributed by atoms with Crippen LogP contribution in [0.2, 0.25) is 5.02 Å². The maximum atomic E-state index is 15.0. The molecule has 3 aliphatic heterocycles. The Balaban J connectivity index is 1.47. The van der Waals surface area contributed by atoms with Crippen molar-refractivity contribution in [1.29, 1.82) is 0 Å². The van der Waals surface area contributed by atoms with Gasteiger partial charge >= 0.3 is 5.97 Å². The first kappa shape index (κ1) is 28.2. The van der Waals surface area contributed by atoms with E-state index < -0.39 is 35.0 Å². The molecule has 0 saturated heterocycles. The minimum atomic E-state index is -2.02. The zero-order valence-electron chi connectivity index (χ0n) is 24.8. The Morgan fingerprint density at radius 3 is 2.55 bits per heavy atom. The average molecular weight is 617 g/mol. The van der Waals surface area contributed by atoms with Crippen molar-refractivity contribution in [3.63, 3.8) is 0 Å². The van der Waals surface area contributed by atoms with Crippen LogP contribution in [0.25, 0.3) is 10.9 Å². The van der Waals surface area contributed by atoms with E-state index in [-0.39, 0.29) is 56.5 Å². The van der Waals surface area contributed by atoms with Crippen molar-refractivity contribution in [2.24, 2.45) is 5.92 Å². The SMILES string of the molecule is COC(=O)C1=C(C)NC2=C(C(=O)[C@@]3(Oc4c(Cl)c(OC)cc(OC)c4C3=O)[C@H](C)C2)C1c1cc2cccc3c2n(c1=O)CC3. The van der Waals surface area contributed by atoms with Gasteiger partial charge in [0.05, 0.1) is 38.3 Å². The summed E-state index contributed by atoms with van der Waals surface area (Å²) < 4.78 is 24.1. The summed E-state index contributed by atoms with van der Waals surface area (Å²) in [6.07, 6.45) is 0.910. The summed E-state index contributed by atoms with van der Waals surface area (Å²) in [5, 5.41) is 4.07. The van der Waals surface area contributed by atoms with E-state index >= 15 is 0 Å². The number of fused-ring (bicyclic) bond motifs is 1. The molecule has 3 atom stereocenters. The molecule has 0 bridgehead atoms. The van der Waals surface area contributed by atoms with Crippen LogP contribution >= 0.6 is 11.6 Å². The monoisotopic (exact) mass is 616 g/mol. The first-order chi connectivity index (χ1) is 21.1. The van der Waals surface area contributed by atoms with Crippen molar-refractivity contribution in [3.05, 3.63) is 84.9 Å². The number of nitrogens with zero attached hydrogens (tertiary/aromatic N) is 1. The van der Waals surface area contributed by atoms with E-state index in [2.05, 4.69) is 5.32 Å². The van der Waals surface area contributed by atoms with E-state index in [1.165, 1.54) is 27.4 Å². The van der Waals surface area contributed by atoms with Crippen LogP contribution in [-0.4, -0.2) is 49.0 Å². The fourth-order valence-corrected chi connectivity index (χ4v) is 7.63. The summed E-state index contributed by atoms with van der Waals surface area (Å²) in [6.45, 7) is 3.94. The predicted molar refractivity (Wildman–Crippen MR) is 161 cm³/mol. The van der Waals surface area contributed by atoms with Crippen molar-refractivity contribution in [2.75, 3.05) is 21.3 Å². The van der Waals surface area contributed by atoms with Crippen molar-refractivity contribution in [3.8, 4) is 17.2 Å². The lowest BCUT2D eigenvalue weighted by molar-refractivity contribution is -0.136. The lowest BCUT2D eigenvalue weighted by Gasteiger charge is -2.42. The van der Waals surface area contributed by atoms with Crippen LogP contribution in [0, 0.1) is 5.92 Å². The van der Waals surface area contributed by atoms with Gasteiger partial charge in [0.2, 0.25) is 17.2 Å². The Labute approximate surface area is 257 Å². The van der Waals surface area contributed by atoms with E-state index in [0.717, 1.165) is 16.5 Å². The molecule has 4 aliphatic rings. The van der Waals surface area contributed by atoms with Crippen molar-refractivity contribution in [2.45, 2.75) is 44.8 Å². The molecule has 1 N–H and O–H groups in total. The number of halogens is 1. The van der Waals surface area contributed by atoms with Gasteiger partial charge in [0.25, 0.3) is 5.56 Å². The summed E-state index contributed by atoms with van der Waals surface area (Å²) in [4.78, 5) is 57.0. The smallest absolute Gasteiger partial charge is 0.336 e. The molecular formula is C33H29ClN2O8. The number of para-hydroxylation sites is 1. The fourth-order valence-electron chi connectivity index (χ4n) is 7.36. The third-order valence-corrected chi connectivity index (χ3v) is 9.75. The summed E-state index contributed by atoms with van der Waals surface area (Å²) in [5.41, 5.74) is 1.03. The summed E-state index contributed by atoms with van der Waals surface area (Å²) in [6, 6.07) is 9.04. The number of carbonyl (C=O) groups is 3. The maximum absolute atomic E-state index is 15.0. The number of rotatable bonds is 4. The van der Waals surface area contributed by atoms with Crippen LogP contribution in [0.5, 0.6) is 17.2 Å². The normalized spacial score (nSPS) is 23.5. The zero-order valence-corrected chi connectivity index (χ0v) is 25.5. The van der Waals surface area contributed by atoms with Crippen molar-refractivity contribution >= 4 is 40.0 Å². The number of carbonyl (C=O) groups excluding carboxylic acids is 3. The van der Waals surface area contributed by atoms with Crippen LogP contribution in [0.1, 0.15) is 47.7 Å². The number of dihydropyridines is 1. The molecule has 7 rings (SSSR count). The highest BCUT2D eigenvalue weighted by atomic mass is 35.5. The van der Waals surface area contributed by atoms with Gasteiger partial charge in [-0.1, -0.05) is 36.7 Å². The maximum Gasteiger partial charge on any atom is 0.336 e. The Morgan fingerprint density at radius 1 is 1.09 bits per heavy atom. The van der Waals surface area contributed by atoms with Gasteiger partial charge in [-0.15, -0.1) is 0 Å². The van der Waals surface area contributed by atoms with Gasteiger partial charge in [-0.2, -0.15) is 0 Å². The minimum absolute atomic E-state index is 0.0103. The van der Waals surface area contributed by atoms with Gasteiger partial charge in [0, 0.05) is 41.1 Å². The Hall–Kier alpha value is -4.57. The van der Waals surface area contributed by atoms with Crippen LogP contribution in [-0.2, 0) is 27.3 Å². The number of ether oxygens (including phenoxy) is 4. The number of hydrogen-bond acceptors (Lipinski definition) is 9. The molecule has 4 heterocycles. The van der Waals surface area contributed by atoms with Crippen LogP contribution in [0.3, 0.4) is 0 Å². The van der Waals surface area contributed by atoms with Crippen LogP contribution in [0.15, 0.2) is 57.7 Å². The number of hydrogen-bond donors (Lipinski definition) is 1. The number of esters is 1. The van der Waals surface area contributed by atoms with E-state index in [9.17, 15) is 19.2 Å². The number of benzene rings is 2. The fraction of sp³-hybridized carbons (Fsp3) is 0.333. The van der Waals surface area contributed by atoms with E-state index in [4.69, 9.17) is 30.5 Å². The molecule has 44 heavy (non-hydrogen) atoms. The third-order valence-electron chi connectivity index (χ3n) is 9.39. The quantitative estimate of drug-likeness (QED) is 0.339. The largest absolute Gasteiger partial charge is 0.496 e. The number of methoxy groups -OCH3 is 3. The second-order valence-corrected chi connectivity index (χ2v) is 11.9. The van der Waals surface area contributed by atoms with Crippen molar-refractivity contribution < 1.29 is 33.3 Å². The molecule has 1 unspecified atom stereocenters. The van der Waals surface area contributed by atoms with Crippen molar-refractivity contribution in [1.82, 2.24) is 9.88 Å². The molecule has 0 amide bonds. The lowest BCUT2D eigenvalue weighted by Crippen LogP contribution is -2.58. The van der Waals surface area contributed by atoms with Crippen LogP contribution < -0.4 is 25.1 Å². The number of allylic oxidation sites excluding steroid dienone is 2. The first-order valence-corrected chi connectivity index (χ1v) is 14.6. The van der Waals surface area contributed by atoms with E-state index in [1.54, 1.807) is 24.5 Å². The molecule has 1 aliphatic carbocycles. The van der Waals surface area contributed by atoms with E-state index in [1.807, 2.05) is 18.2 Å². The summed E-state index contributed by atoms with van der Waals surface area (Å²) in [5.74, 6) is -3.38. The van der Waals surface area contributed by atoms with Gasteiger partial charge in [0.15, 0.2) is 5.75 Å². The molecule has 0 fully saturated rings. The topological polar surface area (TPSA) is 122 Å². The summed E-state index contributed by atoms with van der Waals surface area (Å²) >= 11 is 6.62. The van der Waals surface area contributed by atoms with Gasteiger partial charge in [0.1, 0.15) is 22.1 Å². The number of ketones is 2. The third kappa shape index (κ3) is 3.48. The first-order valence-electron chi connectivity index (χ1n) is 14.3. The molecular weight excluding hydrogens is 588 g/mol. The molecule has 0 saturated carbocycles. The standard InChI is InChI=1S/C33H29ClN2O8/c1-14-11-19-24(29(37)33(14)30(38)25-20(41-3)13-21(42-4)26(34)28(25)44-33)23(22(15(2)35-19)32(40)43-5)18-12-17-8-6-7-16-9-10-36(27(16)17)31(18)39/h6-8,12-14,23,35H,9-11H2,1-5H3/t14-,23?,33+/m1/s1. The molecule has 1 spiro atoms. The second-order valence-electron chi connectivity index (χ2n) is 11.5. The predicted octanol–water partition coefficient (Wildman–Crippen LogP) is 4.24. The molecule has 226 valence electrons. The summed E-state index contributed by atoms with van der Waals surface area (Å²) in [7, 11) is 4.06. The molecule has 11 heteroatoms. The molecule has 3 aromatic rings. The highest BCUT2D eigenvalue weighted by molar-refractivity contribution is 6.36. The zero-order chi connectivity index (χ0) is 31.2. The number of nitrogens with one attached hydrogen (secondary N) is 1. The average Bonchev–Trinajstić information content (AvgIpc) is 3.59. The van der Waals surface area contributed by atoms with E-state index in [0.29, 0.717) is 24.4 Å². The number of aryl methyl sites for hydroxylation is 2. The lowest BCUT2D eigenvalue weighted by atomic mass is 9.65. The van der Waals surface area contributed by atoms with Crippen LogP contribution in [0.4, 0.5) is 0 Å². The Morgan fingerprint density at radius 2 is 1.84 bits per heavy atom. The number of Topliss-reactive ketones (excluding diaryl/α,β-unsaturated/α-hetero) is 2. The number of pyridine rings is 1. The minimum Gasteiger partial charge on any atom is -0.496 e. The molecule has 0 radical (unpaired) electrons. The highest BCUT2D eigenvalue weighted by Crippen LogP contribution is 2.56. The van der Waals surface area contributed by atoms with Gasteiger partial charge in [-0.3, -0.25) is 14.4 Å². The molecule has 2 aromatic carbocycles. The molecule has 10 nitrogen and oxygen atoms in total. The van der Waals surface area contributed by atoms with Gasteiger partial charge in [-0.25, -0.2) is 4.79 Å². The molecule has 1 aromatic heterocycles. The Kier molecular flexibility index (Phi) is 6.23. The van der Waals surface area contributed by atoms with Gasteiger partial charge in [-0.05, 0) is 36.8 Å². The second kappa shape index (κ2) is 9.72.